The number of aromatic nitrogens is 2. The Morgan fingerprint density at radius 3 is 2.71 bits per heavy atom. The Labute approximate surface area is 130 Å². The second kappa shape index (κ2) is 6.14. The van der Waals surface area contributed by atoms with E-state index in [2.05, 4.69) is 32.2 Å². The molecule has 2 aromatic rings. The highest BCUT2D eigenvalue weighted by Gasteiger charge is 2.19. The average Bonchev–Trinajstić information content (AvgIpc) is 2.83. The van der Waals surface area contributed by atoms with Crippen molar-refractivity contribution in [2.24, 2.45) is 0 Å². The van der Waals surface area contributed by atoms with Gasteiger partial charge in [-0.25, -0.2) is 9.97 Å². The molecule has 2 heterocycles. The SMILES string of the molecule is CCCNc1nc(-c2cc(C)sc2C)nc2c1CCCC2. The van der Waals surface area contributed by atoms with Gasteiger partial charge in [0.2, 0.25) is 0 Å². The average molecular weight is 301 g/mol. The Morgan fingerprint density at radius 2 is 2.00 bits per heavy atom. The number of rotatable bonds is 4. The zero-order valence-electron chi connectivity index (χ0n) is 13.1. The standard InChI is InChI=1S/C17H23N3S/c1-4-9-18-16-13-7-5-6-8-15(13)19-17(20-16)14-10-11(2)21-12(14)3/h10H,4-9H2,1-3H3,(H,18,19,20). The Morgan fingerprint density at radius 1 is 1.19 bits per heavy atom. The van der Waals surface area contributed by atoms with Crippen LogP contribution in [0.25, 0.3) is 11.4 Å². The minimum atomic E-state index is 0.899. The van der Waals surface area contributed by atoms with Gasteiger partial charge in [-0.1, -0.05) is 6.92 Å². The van der Waals surface area contributed by atoms with Crippen molar-refractivity contribution in [2.75, 3.05) is 11.9 Å². The number of nitrogens with one attached hydrogen (secondary N) is 1. The van der Waals surface area contributed by atoms with Crippen molar-refractivity contribution in [3.8, 4) is 11.4 Å². The normalized spacial score (nSPS) is 14.0. The van der Waals surface area contributed by atoms with Crippen molar-refractivity contribution >= 4 is 17.2 Å². The Hall–Kier alpha value is -1.42. The lowest BCUT2D eigenvalue weighted by molar-refractivity contribution is 0.664. The van der Waals surface area contributed by atoms with E-state index in [1.807, 2.05) is 11.3 Å². The zero-order chi connectivity index (χ0) is 14.8. The molecule has 1 aliphatic rings. The molecule has 0 atom stereocenters. The summed E-state index contributed by atoms with van der Waals surface area (Å²) in [6, 6.07) is 2.22. The van der Waals surface area contributed by atoms with Crippen LogP contribution in [0.15, 0.2) is 6.07 Å². The molecule has 0 amide bonds. The molecule has 0 saturated carbocycles. The van der Waals surface area contributed by atoms with Crippen molar-refractivity contribution < 1.29 is 0 Å². The summed E-state index contributed by atoms with van der Waals surface area (Å²) in [6.07, 6.45) is 5.83. The summed E-state index contributed by atoms with van der Waals surface area (Å²) in [4.78, 5) is 12.4. The van der Waals surface area contributed by atoms with E-state index < -0.39 is 0 Å². The van der Waals surface area contributed by atoms with Crippen LogP contribution in [0.5, 0.6) is 0 Å². The number of thiophene rings is 1. The molecule has 0 radical (unpaired) electrons. The molecule has 3 rings (SSSR count). The third-order valence-electron chi connectivity index (χ3n) is 4.01. The number of hydrogen-bond donors (Lipinski definition) is 1. The molecule has 0 aromatic carbocycles. The van der Waals surface area contributed by atoms with E-state index in [9.17, 15) is 0 Å². The molecule has 0 unspecified atom stereocenters. The van der Waals surface area contributed by atoms with Gasteiger partial charge >= 0.3 is 0 Å². The molecule has 3 nitrogen and oxygen atoms in total. The summed E-state index contributed by atoms with van der Waals surface area (Å²) in [5.41, 5.74) is 3.81. The maximum atomic E-state index is 4.88. The van der Waals surface area contributed by atoms with E-state index in [0.717, 1.165) is 37.4 Å². The van der Waals surface area contributed by atoms with Gasteiger partial charge < -0.3 is 5.32 Å². The van der Waals surface area contributed by atoms with E-state index in [0.29, 0.717) is 0 Å². The van der Waals surface area contributed by atoms with Gasteiger partial charge in [-0.15, -0.1) is 11.3 Å². The zero-order valence-corrected chi connectivity index (χ0v) is 13.9. The van der Waals surface area contributed by atoms with Crippen LogP contribution in [-0.2, 0) is 12.8 Å². The first-order chi connectivity index (χ1) is 10.2. The van der Waals surface area contributed by atoms with Gasteiger partial charge in [0.05, 0.1) is 0 Å². The largest absolute Gasteiger partial charge is 0.370 e. The fourth-order valence-electron chi connectivity index (χ4n) is 2.96. The summed E-state index contributed by atoms with van der Waals surface area (Å²) >= 11 is 1.82. The maximum Gasteiger partial charge on any atom is 0.162 e. The number of nitrogens with zero attached hydrogens (tertiary/aromatic N) is 2. The van der Waals surface area contributed by atoms with Gasteiger partial charge in [-0.2, -0.15) is 0 Å². The number of anilines is 1. The van der Waals surface area contributed by atoms with Crippen molar-refractivity contribution in [3.05, 3.63) is 27.1 Å². The summed E-state index contributed by atoms with van der Waals surface area (Å²) in [6.45, 7) is 7.48. The highest BCUT2D eigenvalue weighted by atomic mass is 32.1. The van der Waals surface area contributed by atoms with Crippen molar-refractivity contribution in [3.63, 3.8) is 0 Å². The molecule has 1 N–H and O–H groups in total. The van der Waals surface area contributed by atoms with Crippen LogP contribution in [0.2, 0.25) is 0 Å². The first-order valence-corrected chi connectivity index (χ1v) is 8.71. The molecule has 0 bridgehead atoms. The minimum Gasteiger partial charge on any atom is -0.370 e. The fraction of sp³-hybridized carbons (Fsp3) is 0.529. The second-order valence-corrected chi connectivity index (χ2v) is 7.24. The summed E-state index contributed by atoms with van der Waals surface area (Å²) < 4.78 is 0. The number of aryl methyl sites for hydroxylation is 3. The molecule has 4 heteroatoms. The van der Waals surface area contributed by atoms with Crippen LogP contribution in [0.1, 0.15) is 47.2 Å². The molecular formula is C17H23N3S. The second-order valence-electron chi connectivity index (χ2n) is 5.78. The third-order valence-corrected chi connectivity index (χ3v) is 4.97. The first kappa shape index (κ1) is 14.5. The van der Waals surface area contributed by atoms with Crippen LogP contribution >= 0.6 is 11.3 Å². The van der Waals surface area contributed by atoms with Crippen LogP contribution in [0.3, 0.4) is 0 Å². The van der Waals surface area contributed by atoms with E-state index in [1.54, 1.807) is 0 Å². The predicted octanol–water partition coefficient (Wildman–Crippen LogP) is 4.52. The monoisotopic (exact) mass is 301 g/mol. The van der Waals surface area contributed by atoms with Gasteiger partial charge in [0.15, 0.2) is 5.82 Å². The van der Waals surface area contributed by atoms with Gasteiger partial charge in [-0.05, 0) is 52.0 Å². The van der Waals surface area contributed by atoms with Crippen LogP contribution in [0.4, 0.5) is 5.82 Å². The molecule has 0 saturated heterocycles. The molecule has 21 heavy (non-hydrogen) atoms. The lowest BCUT2D eigenvalue weighted by Gasteiger charge is -2.19. The van der Waals surface area contributed by atoms with Gasteiger partial charge in [-0.3, -0.25) is 0 Å². The molecular weight excluding hydrogens is 278 g/mol. The molecule has 112 valence electrons. The fourth-order valence-corrected chi connectivity index (χ4v) is 3.88. The third kappa shape index (κ3) is 2.95. The highest BCUT2D eigenvalue weighted by Crippen LogP contribution is 2.32. The lowest BCUT2D eigenvalue weighted by Crippen LogP contribution is -2.14. The van der Waals surface area contributed by atoms with E-state index in [1.165, 1.54) is 39.4 Å². The van der Waals surface area contributed by atoms with E-state index in [-0.39, 0.29) is 0 Å². The van der Waals surface area contributed by atoms with E-state index in [4.69, 9.17) is 9.97 Å². The van der Waals surface area contributed by atoms with Gasteiger partial charge in [0, 0.05) is 33.1 Å². The molecule has 0 spiro atoms. The van der Waals surface area contributed by atoms with Gasteiger partial charge in [0.25, 0.3) is 0 Å². The van der Waals surface area contributed by atoms with Crippen LogP contribution in [-0.4, -0.2) is 16.5 Å². The van der Waals surface area contributed by atoms with Gasteiger partial charge in [0.1, 0.15) is 5.82 Å². The molecule has 1 aliphatic carbocycles. The van der Waals surface area contributed by atoms with Crippen molar-refractivity contribution in [1.29, 1.82) is 0 Å². The van der Waals surface area contributed by atoms with E-state index >= 15 is 0 Å². The maximum absolute atomic E-state index is 4.88. The number of hydrogen-bond acceptors (Lipinski definition) is 4. The lowest BCUT2D eigenvalue weighted by atomic mass is 9.96. The van der Waals surface area contributed by atoms with Crippen molar-refractivity contribution in [1.82, 2.24) is 9.97 Å². The van der Waals surface area contributed by atoms with Crippen molar-refractivity contribution in [2.45, 2.75) is 52.9 Å². The quantitative estimate of drug-likeness (QED) is 0.902. The Bertz CT molecular complexity index is 646. The minimum absolute atomic E-state index is 0.899. The predicted molar refractivity (Wildman–Crippen MR) is 90.2 cm³/mol. The molecule has 2 aromatic heterocycles. The molecule has 0 fully saturated rings. The first-order valence-electron chi connectivity index (χ1n) is 7.90. The topological polar surface area (TPSA) is 37.8 Å². The van der Waals surface area contributed by atoms with Crippen LogP contribution < -0.4 is 5.32 Å². The Kier molecular flexibility index (Phi) is 4.24. The summed E-state index contributed by atoms with van der Waals surface area (Å²) in [5, 5.41) is 3.51. The number of fused-ring (bicyclic) bond motifs is 1. The summed E-state index contributed by atoms with van der Waals surface area (Å²) in [5.74, 6) is 1.97. The van der Waals surface area contributed by atoms with Crippen LogP contribution in [0, 0.1) is 13.8 Å². The highest BCUT2D eigenvalue weighted by molar-refractivity contribution is 7.12. The Balaban J connectivity index is 2.07. The molecule has 0 aliphatic heterocycles. The smallest absolute Gasteiger partial charge is 0.162 e. The summed E-state index contributed by atoms with van der Waals surface area (Å²) in [7, 11) is 0.